The van der Waals surface area contributed by atoms with Gasteiger partial charge < -0.3 is 0 Å². The van der Waals surface area contributed by atoms with Gasteiger partial charge in [-0.15, -0.1) is 0 Å². The predicted octanol–water partition coefficient (Wildman–Crippen LogP) is 1.01. The Kier molecular flexibility index (Phi) is 6.70. The van der Waals surface area contributed by atoms with Gasteiger partial charge in [-0.1, -0.05) is 15.9 Å². The van der Waals surface area contributed by atoms with E-state index in [1.807, 2.05) is 6.26 Å². The van der Waals surface area contributed by atoms with E-state index in [0.717, 1.165) is 12.2 Å². The number of hydrogen-bond acceptors (Lipinski definition) is 3. The van der Waals surface area contributed by atoms with Gasteiger partial charge in [0, 0.05) is 6.54 Å². The molecule has 0 aliphatic heterocycles. The molecule has 0 aromatic carbocycles. The second-order valence-corrected chi connectivity index (χ2v) is 6.06. The van der Waals surface area contributed by atoms with Crippen LogP contribution >= 0.6 is 27.7 Å². The second kappa shape index (κ2) is 6.28. The van der Waals surface area contributed by atoms with E-state index < -0.39 is 10.0 Å². The van der Waals surface area contributed by atoms with Crippen molar-refractivity contribution in [3.63, 3.8) is 0 Å². The first-order valence-electron chi connectivity index (χ1n) is 3.14. The van der Waals surface area contributed by atoms with Crippen molar-refractivity contribution in [3.8, 4) is 0 Å². The Bertz CT molecular complexity index is 181. The molecule has 0 saturated heterocycles. The maximum absolute atomic E-state index is 10.8. The zero-order chi connectivity index (χ0) is 8.74. The summed E-state index contributed by atoms with van der Waals surface area (Å²) in [5.74, 6) is 0.991. The molecule has 0 amide bonds. The van der Waals surface area contributed by atoms with Crippen molar-refractivity contribution >= 4 is 37.7 Å². The Morgan fingerprint density at radius 3 is 2.64 bits per heavy atom. The van der Waals surface area contributed by atoms with Gasteiger partial charge in [-0.2, -0.15) is 11.8 Å². The Balaban J connectivity index is 3.39. The van der Waals surface area contributed by atoms with E-state index >= 15 is 0 Å². The summed E-state index contributed by atoms with van der Waals surface area (Å²) in [7, 11) is -3.04. The minimum Gasteiger partial charge on any atom is -0.214 e. The Morgan fingerprint density at radius 1 is 1.55 bits per heavy atom. The van der Waals surface area contributed by atoms with E-state index in [0.29, 0.717) is 6.54 Å². The Hall–Kier alpha value is 0.740. The van der Waals surface area contributed by atoms with Gasteiger partial charge in [-0.25, -0.2) is 13.1 Å². The third-order valence-corrected chi connectivity index (χ3v) is 4.43. The minimum absolute atomic E-state index is 0.0146. The van der Waals surface area contributed by atoms with Crippen molar-refractivity contribution in [3.05, 3.63) is 0 Å². The zero-order valence-corrected chi connectivity index (χ0v) is 9.56. The number of alkyl halides is 1. The van der Waals surface area contributed by atoms with Crippen LogP contribution in [0.3, 0.4) is 0 Å². The van der Waals surface area contributed by atoms with Gasteiger partial charge in [0.05, 0.1) is 0 Å². The fraction of sp³-hybridized carbons (Fsp3) is 1.00. The highest BCUT2D eigenvalue weighted by molar-refractivity contribution is 9.10. The third-order valence-electron chi connectivity index (χ3n) is 0.991. The van der Waals surface area contributed by atoms with Crippen LogP contribution in [0.4, 0.5) is 0 Å². The summed E-state index contributed by atoms with van der Waals surface area (Å²) in [5.41, 5.74) is 0. The zero-order valence-electron chi connectivity index (χ0n) is 6.34. The van der Waals surface area contributed by atoms with Crippen molar-refractivity contribution in [2.45, 2.75) is 6.42 Å². The first-order valence-corrected chi connectivity index (χ1v) is 7.31. The second-order valence-electron chi connectivity index (χ2n) is 1.96. The van der Waals surface area contributed by atoms with E-state index in [4.69, 9.17) is 0 Å². The quantitative estimate of drug-likeness (QED) is 0.574. The number of sulfonamides is 1. The van der Waals surface area contributed by atoms with Crippen LogP contribution < -0.4 is 4.72 Å². The van der Waals surface area contributed by atoms with Crippen LogP contribution in [0.5, 0.6) is 0 Å². The minimum atomic E-state index is -3.04. The maximum Gasteiger partial charge on any atom is 0.221 e. The van der Waals surface area contributed by atoms with Crippen molar-refractivity contribution < 1.29 is 8.42 Å². The van der Waals surface area contributed by atoms with Crippen LogP contribution in [0.15, 0.2) is 0 Å². The lowest BCUT2D eigenvalue weighted by Crippen LogP contribution is -2.25. The van der Waals surface area contributed by atoms with Crippen LogP contribution in [-0.4, -0.2) is 31.6 Å². The van der Waals surface area contributed by atoms with Gasteiger partial charge >= 0.3 is 0 Å². The highest BCUT2D eigenvalue weighted by Gasteiger charge is 2.04. The van der Waals surface area contributed by atoms with Gasteiger partial charge in [-0.05, 0) is 18.4 Å². The number of hydrogen-bond donors (Lipinski definition) is 1. The van der Waals surface area contributed by atoms with Crippen molar-refractivity contribution in [1.82, 2.24) is 4.72 Å². The van der Waals surface area contributed by atoms with E-state index in [9.17, 15) is 8.42 Å². The number of rotatable bonds is 6. The topological polar surface area (TPSA) is 46.2 Å². The normalized spacial score (nSPS) is 11.8. The fourth-order valence-electron chi connectivity index (χ4n) is 0.483. The number of thioether (sulfide) groups is 1. The van der Waals surface area contributed by atoms with E-state index in [1.54, 1.807) is 11.8 Å². The molecule has 68 valence electrons. The molecule has 0 rings (SSSR count). The van der Waals surface area contributed by atoms with Crippen molar-refractivity contribution in [2.24, 2.45) is 0 Å². The molecule has 1 N–H and O–H groups in total. The predicted molar refractivity (Wildman–Crippen MR) is 53.7 cm³/mol. The Morgan fingerprint density at radius 2 is 2.18 bits per heavy atom. The summed E-state index contributed by atoms with van der Waals surface area (Å²) in [6.07, 6.45) is 2.88. The molecule has 3 nitrogen and oxygen atoms in total. The average Bonchev–Trinajstić information content (AvgIpc) is 1.99. The van der Waals surface area contributed by atoms with E-state index in [2.05, 4.69) is 20.7 Å². The largest absolute Gasteiger partial charge is 0.221 e. The molecular formula is C5H12BrNO2S2. The van der Waals surface area contributed by atoms with Crippen LogP contribution in [0, 0.1) is 0 Å². The molecule has 0 aromatic rings. The summed E-state index contributed by atoms with van der Waals surface area (Å²) in [6, 6.07) is 0. The molecule has 0 aliphatic carbocycles. The molecule has 0 heterocycles. The lowest BCUT2D eigenvalue weighted by Gasteiger charge is -2.01. The molecule has 0 unspecified atom stereocenters. The van der Waals surface area contributed by atoms with Crippen molar-refractivity contribution in [2.75, 3.05) is 23.2 Å². The molecule has 0 fully saturated rings. The smallest absolute Gasteiger partial charge is 0.214 e. The molecule has 0 atom stereocenters. The summed E-state index contributed by atoms with van der Waals surface area (Å²) >= 11 is 4.60. The number of nitrogens with one attached hydrogen (secondary N) is 1. The van der Waals surface area contributed by atoms with Gasteiger partial charge in [0.25, 0.3) is 0 Å². The molecule has 0 saturated carbocycles. The average molecular weight is 262 g/mol. The lowest BCUT2D eigenvalue weighted by atomic mass is 10.5. The van der Waals surface area contributed by atoms with E-state index in [1.165, 1.54) is 0 Å². The van der Waals surface area contributed by atoms with Gasteiger partial charge in [-0.3, -0.25) is 0 Å². The molecule has 0 aromatic heterocycles. The first kappa shape index (κ1) is 11.7. The molecule has 0 aliphatic rings. The molecule has 11 heavy (non-hydrogen) atoms. The molecule has 6 heteroatoms. The fourth-order valence-corrected chi connectivity index (χ4v) is 1.93. The summed E-state index contributed by atoms with van der Waals surface area (Å²) in [6.45, 7) is 0.536. The lowest BCUT2D eigenvalue weighted by molar-refractivity contribution is 0.586. The monoisotopic (exact) mass is 261 g/mol. The Labute approximate surface area is 80.5 Å². The highest BCUT2D eigenvalue weighted by atomic mass is 79.9. The van der Waals surface area contributed by atoms with Crippen LogP contribution in [0.2, 0.25) is 0 Å². The third kappa shape index (κ3) is 7.11. The summed E-state index contributed by atoms with van der Waals surface area (Å²) in [4.78, 5) is 0. The van der Waals surface area contributed by atoms with E-state index in [-0.39, 0.29) is 4.66 Å². The van der Waals surface area contributed by atoms with Gasteiger partial charge in [0.1, 0.15) is 4.66 Å². The van der Waals surface area contributed by atoms with Crippen LogP contribution in [0.25, 0.3) is 0 Å². The first-order chi connectivity index (χ1) is 5.12. The molecule has 0 bridgehead atoms. The molecule has 0 spiro atoms. The summed E-state index contributed by atoms with van der Waals surface area (Å²) < 4.78 is 24.0. The van der Waals surface area contributed by atoms with Gasteiger partial charge in [0.15, 0.2) is 0 Å². The van der Waals surface area contributed by atoms with Crippen molar-refractivity contribution in [1.29, 1.82) is 0 Å². The highest BCUT2D eigenvalue weighted by Crippen LogP contribution is 1.95. The maximum atomic E-state index is 10.8. The van der Waals surface area contributed by atoms with Crippen LogP contribution in [-0.2, 0) is 10.0 Å². The van der Waals surface area contributed by atoms with Gasteiger partial charge in [0.2, 0.25) is 10.0 Å². The standard InChI is InChI=1S/C5H12BrNO2S2/c1-10-4-2-3-7-11(8,9)5-6/h7H,2-5H2,1H3. The summed E-state index contributed by atoms with van der Waals surface area (Å²) in [5, 5.41) is 0. The molecular weight excluding hydrogens is 250 g/mol. The van der Waals surface area contributed by atoms with Crippen LogP contribution in [0.1, 0.15) is 6.42 Å². The molecule has 0 radical (unpaired) electrons. The SMILES string of the molecule is CSCCCNS(=O)(=O)CBr. The number of halogens is 1.